The summed E-state index contributed by atoms with van der Waals surface area (Å²) in [5, 5.41) is 13.8. The molecule has 0 radical (unpaired) electrons. The summed E-state index contributed by atoms with van der Waals surface area (Å²) in [6.45, 7) is 0. The standard InChI is InChI=1S/C16H10Cl2N2O4/c17-11-5-8(20(22)23)6-12(18)14(11)24-9-1-2-13-10(7-9)16(3-4-16)15(21)19-13/h1-2,5-7H,3-4H2,(H,19,21). The molecule has 122 valence electrons. The Bertz CT molecular complexity index is 886. The summed E-state index contributed by atoms with van der Waals surface area (Å²) in [4.78, 5) is 22.3. The van der Waals surface area contributed by atoms with Crippen LogP contribution < -0.4 is 10.1 Å². The van der Waals surface area contributed by atoms with Gasteiger partial charge in [-0.1, -0.05) is 23.2 Å². The van der Waals surface area contributed by atoms with Gasteiger partial charge in [0.25, 0.3) is 5.69 Å². The highest BCUT2D eigenvalue weighted by molar-refractivity contribution is 6.37. The highest BCUT2D eigenvalue weighted by Crippen LogP contribution is 2.56. The number of carbonyl (C=O) groups is 1. The summed E-state index contributed by atoms with van der Waals surface area (Å²) < 4.78 is 5.73. The van der Waals surface area contributed by atoms with Crippen LogP contribution in [-0.4, -0.2) is 10.8 Å². The molecule has 6 nitrogen and oxygen atoms in total. The maximum Gasteiger partial charge on any atom is 0.272 e. The summed E-state index contributed by atoms with van der Waals surface area (Å²) in [7, 11) is 0. The van der Waals surface area contributed by atoms with Crippen LogP contribution in [0.4, 0.5) is 11.4 Å². The molecule has 1 N–H and O–H groups in total. The fourth-order valence-corrected chi connectivity index (χ4v) is 3.50. The van der Waals surface area contributed by atoms with Crippen LogP contribution in [0.3, 0.4) is 0 Å². The summed E-state index contributed by atoms with van der Waals surface area (Å²) in [6, 6.07) is 7.61. The first-order valence-corrected chi connectivity index (χ1v) is 7.93. The zero-order valence-electron chi connectivity index (χ0n) is 12.1. The van der Waals surface area contributed by atoms with Gasteiger partial charge in [-0.3, -0.25) is 14.9 Å². The molecule has 0 aromatic heterocycles. The Hall–Kier alpha value is -2.31. The Morgan fingerprint density at radius 2 is 1.83 bits per heavy atom. The van der Waals surface area contributed by atoms with E-state index in [-0.39, 0.29) is 27.4 Å². The molecular weight excluding hydrogens is 355 g/mol. The van der Waals surface area contributed by atoms with Gasteiger partial charge in [-0.05, 0) is 36.6 Å². The zero-order valence-corrected chi connectivity index (χ0v) is 13.6. The van der Waals surface area contributed by atoms with Crippen molar-refractivity contribution in [3.63, 3.8) is 0 Å². The lowest BCUT2D eigenvalue weighted by Crippen LogP contribution is -2.18. The summed E-state index contributed by atoms with van der Waals surface area (Å²) >= 11 is 12.1. The second-order valence-corrected chi connectivity index (χ2v) is 6.66. The smallest absolute Gasteiger partial charge is 0.272 e. The van der Waals surface area contributed by atoms with E-state index in [4.69, 9.17) is 27.9 Å². The van der Waals surface area contributed by atoms with Crippen LogP contribution in [0.5, 0.6) is 11.5 Å². The number of halogens is 2. The predicted octanol–water partition coefficient (Wildman–Crippen LogP) is 4.68. The Morgan fingerprint density at radius 1 is 1.17 bits per heavy atom. The third-order valence-electron chi connectivity index (χ3n) is 4.35. The molecule has 0 unspecified atom stereocenters. The molecule has 8 heteroatoms. The van der Waals surface area contributed by atoms with Crippen molar-refractivity contribution < 1.29 is 14.5 Å². The van der Waals surface area contributed by atoms with Gasteiger partial charge in [-0.2, -0.15) is 0 Å². The number of hydrogen-bond acceptors (Lipinski definition) is 4. The van der Waals surface area contributed by atoms with Gasteiger partial charge in [0, 0.05) is 17.8 Å². The summed E-state index contributed by atoms with van der Waals surface area (Å²) in [5.74, 6) is 0.626. The van der Waals surface area contributed by atoms with Crippen LogP contribution in [0.25, 0.3) is 0 Å². The molecule has 1 amide bonds. The summed E-state index contributed by atoms with van der Waals surface area (Å²) in [5.41, 5.74) is 1.04. The molecular formula is C16H10Cl2N2O4. The molecule has 4 rings (SSSR count). The number of carbonyl (C=O) groups excluding carboxylic acids is 1. The highest BCUT2D eigenvalue weighted by Gasteiger charge is 2.56. The lowest BCUT2D eigenvalue weighted by Gasteiger charge is -2.11. The van der Waals surface area contributed by atoms with Gasteiger partial charge in [0.2, 0.25) is 5.91 Å². The Kier molecular flexibility index (Phi) is 3.23. The minimum Gasteiger partial charge on any atom is -0.454 e. The maximum absolute atomic E-state index is 12.0. The van der Waals surface area contributed by atoms with E-state index in [1.54, 1.807) is 18.2 Å². The van der Waals surface area contributed by atoms with E-state index >= 15 is 0 Å². The van der Waals surface area contributed by atoms with Gasteiger partial charge in [0.15, 0.2) is 5.75 Å². The van der Waals surface area contributed by atoms with E-state index in [2.05, 4.69) is 5.32 Å². The van der Waals surface area contributed by atoms with Crippen LogP contribution >= 0.6 is 23.2 Å². The largest absolute Gasteiger partial charge is 0.454 e. The number of rotatable bonds is 3. The first-order chi connectivity index (χ1) is 11.4. The average molecular weight is 365 g/mol. The number of non-ortho nitro benzene ring substituents is 1. The van der Waals surface area contributed by atoms with Crippen molar-refractivity contribution in [2.45, 2.75) is 18.3 Å². The lowest BCUT2D eigenvalue weighted by atomic mass is 9.98. The Balaban J connectivity index is 1.69. The van der Waals surface area contributed by atoms with E-state index in [1.165, 1.54) is 12.1 Å². The number of anilines is 1. The third-order valence-corrected chi connectivity index (χ3v) is 4.91. The van der Waals surface area contributed by atoms with Crippen LogP contribution in [0.2, 0.25) is 10.0 Å². The number of nitro benzene ring substituents is 1. The highest BCUT2D eigenvalue weighted by atomic mass is 35.5. The van der Waals surface area contributed by atoms with Crippen molar-refractivity contribution in [3.8, 4) is 11.5 Å². The molecule has 0 bridgehead atoms. The van der Waals surface area contributed by atoms with Gasteiger partial charge in [-0.25, -0.2) is 0 Å². The molecule has 2 aliphatic rings. The maximum atomic E-state index is 12.0. The van der Waals surface area contributed by atoms with Gasteiger partial charge in [0.1, 0.15) is 5.75 Å². The number of nitrogens with one attached hydrogen (secondary N) is 1. The second kappa shape index (κ2) is 5.09. The minimum atomic E-state index is -0.578. The number of amides is 1. The van der Waals surface area contributed by atoms with Crippen LogP contribution in [0.1, 0.15) is 18.4 Å². The van der Waals surface area contributed by atoms with Crippen molar-refractivity contribution in [2.75, 3.05) is 5.32 Å². The molecule has 1 aliphatic heterocycles. The fraction of sp³-hybridized carbons (Fsp3) is 0.188. The van der Waals surface area contributed by atoms with E-state index in [0.717, 1.165) is 24.1 Å². The molecule has 24 heavy (non-hydrogen) atoms. The van der Waals surface area contributed by atoms with E-state index in [1.807, 2.05) is 0 Å². The average Bonchev–Trinajstić information content (AvgIpc) is 3.28. The van der Waals surface area contributed by atoms with Gasteiger partial charge >= 0.3 is 0 Å². The normalized spacial score (nSPS) is 16.7. The van der Waals surface area contributed by atoms with Crippen LogP contribution in [0.15, 0.2) is 30.3 Å². The second-order valence-electron chi connectivity index (χ2n) is 5.84. The van der Waals surface area contributed by atoms with Crippen LogP contribution in [0, 0.1) is 10.1 Å². The number of benzene rings is 2. The molecule has 1 saturated carbocycles. The van der Waals surface area contributed by atoms with Gasteiger partial charge in [-0.15, -0.1) is 0 Å². The molecule has 1 fully saturated rings. The predicted molar refractivity (Wildman–Crippen MR) is 89.2 cm³/mol. The monoisotopic (exact) mass is 364 g/mol. The molecule has 0 atom stereocenters. The number of hydrogen-bond donors (Lipinski definition) is 1. The third kappa shape index (κ3) is 2.22. The zero-order chi connectivity index (χ0) is 17.1. The van der Waals surface area contributed by atoms with Crippen molar-refractivity contribution >= 4 is 40.5 Å². The molecule has 2 aromatic rings. The fourth-order valence-electron chi connectivity index (χ4n) is 2.94. The molecule has 2 aromatic carbocycles. The SMILES string of the molecule is O=C1Nc2ccc(Oc3c(Cl)cc([N+](=O)[O-])cc3Cl)cc2C12CC2. The van der Waals surface area contributed by atoms with E-state index in [9.17, 15) is 14.9 Å². The number of ether oxygens (including phenoxy) is 1. The molecule has 1 heterocycles. The van der Waals surface area contributed by atoms with Crippen LogP contribution in [-0.2, 0) is 10.2 Å². The van der Waals surface area contributed by atoms with Crippen molar-refractivity contribution in [1.29, 1.82) is 0 Å². The quantitative estimate of drug-likeness (QED) is 0.633. The molecule has 1 spiro atoms. The first-order valence-electron chi connectivity index (χ1n) is 7.18. The molecule has 0 saturated heterocycles. The van der Waals surface area contributed by atoms with E-state index in [0.29, 0.717) is 5.75 Å². The number of fused-ring (bicyclic) bond motifs is 2. The Morgan fingerprint density at radius 3 is 2.42 bits per heavy atom. The van der Waals surface area contributed by atoms with Gasteiger partial charge in [0.05, 0.1) is 20.4 Å². The van der Waals surface area contributed by atoms with E-state index < -0.39 is 10.3 Å². The lowest BCUT2D eigenvalue weighted by molar-refractivity contribution is -0.384. The number of nitro groups is 1. The topological polar surface area (TPSA) is 81.5 Å². The summed E-state index contributed by atoms with van der Waals surface area (Å²) in [6.07, 6.45) is 1.63. The van der Waals surface area contributed by atoms with Crippen molar-refractivity contribution in [2.24, 2.45) is 0 Å². The van der Waals surface area contributed by atoms with Gasteiger partial charge < -0.3 is 10.1 Å². The first kappa shape index (κ1) is 15.2. The molecule has 1 aliphatic carbocycles. The Labute approximate surface area is 146 Å². The van der Waals surface area contributed by atoms with Crippen molar-refractivity contribution in [3.05, 3.63) is 56.1 Å². The van der Waals surface area contributed by atoms with Crippen molar-refractivity contribution in [1.82, 2.24) is 0 Å². The minimum absolute atomic E-state index is 0.0149. The number of nitrogens with zero attached hydrogens (tertiary/aromatic N) is 1.